The molecule has 190 valence electrons. The maximum Gasteiger partial charge on any atom is 0.0786 e. The molecule has 0 radical (unpaired) electrons. The summed E-state index contributed by atoms with van der Waals surface area (Å²) in [5.74, 6) is 0. The van der Waals surface area contributed by atoms with Crippen molar-refractivity contribution in [1.82, 2.24) is 0 Å². The van der Waals surface area contributed by atoms with Crippen molar-refractivity contribution in [1.29, 1.82) is 0 Å². The second kappa shape index (κ2) is 26.7. The summed E-state index contributed by atoms with van der Waals surface area (Å²) in [5.41, 5.74) is 0. The van der Waals surface area contributed by atoms with Crippen LogP contribution < -0.4 is 17.0 Å². The Morgan fingerprint density at radius 2 is 0.548 bits per heavy atom. The van der Waals surface area contributed by atoms with E-state index in [0.29, 0.717) is 0 Å². The molecule has 0 aromatic rings. The standard InChI is InChI=1S/C29H62N.BrH/c1-5-9-10-11-12-13-14-15-16-17-18-19-20-21-22-23-24-25-26-27-28-29-30(6-2,7-3)8-4;/h5-29H2,1-4H3;1H/q+1;/p-1. The van der Waals surface area contributed by atoms with Crippen LogP contribution in [0.2, 0.25) is 0 Å². The summed E-state index contributed by atoms with van der Waals surface area (Å²) in [7, 11) is 0. The lowest BCUT2D eigenvalue weighted by Gasteiger charge is -2.35. The van der Waals surface area contributed by atoms with Gasteiger partial charge in [0, 0.05) is 0 Å². The van der Waals surface area contributed by atoms with E-state index in [1.165, 1.54) is 165 Å². The van der Waals surface area contributed by atoms with Crippen LogP contribution in [-0.2, 0) is 0 Å². The van der Waals surface area contributed by atoms with Gasteiger partial charge in [0.25, 0.3) is 0 Å². The molecule has 31 heavy (non-hydrogen) atoms. The Balaban J connectivity index is 0. The van der Waals surface area contributed by atoms with Crippen LogP contribution in [0.25, 0.3) is 0 Å². The topological polar surface area (TPSA) is 0 Å². The Hall–Kier alpha value is 0.440. The van der Waals surface area contributed by atoms with Gasteiger partial charge in [-0.15, -0.1) is 0 Å². The van der Waals surface area contributed by atoms with Gasteiger partial charge < -0.3 is 21.5 Å². The first-order chi connectivity index (χ1) is 14.7. The molecule has 0 spiro atoms. The van der Waals surface area contributed by atoms with E-state index in [1.54, 1.807) is 0 Å². The normalized spacial score (nSPS) is 11.6. The van der Waals surface area contributed by atoms with Crippen LogP contribution in [0.4, 0.5) is 0 Å². The molecule has 0 aromatic heterocycles. The SMILES string of the molecule is CCCCCCCCCCCCCCCCCCCCCCC[N+](CC)(CC)CC.[Br-]. The van der Waals surface area contributed by atoms with Crippen molar-refractivity contribution in [3.8, 4) is 0 Å². The number of hydrogen-bond acceptors (Lipinski definition) is 0. The Morgan fingerprint density at radius 1 is 0.323 bits per heavy atom. The highest BCUT2D eigenvalue weighted by atomic mass is 79.9. The fourth-order valence-electron chi connectivity index (χ4n) is 5.02. The van der Waals surface area contributed by atoms with Crippen molar-refractivity contribution < 1.29 is 21.5 Å². The minimum atomic E-state index is 0. The van der Waals surface area contributed by atoms with Crippen molar-refractivity contribution in [2.45, 2.75) is 163 Å². The molecule has 0 aliphatic carbocycles. The first-order valence-electron chi connectivity index (χ1n) is 14.6. The largest absolute Gasteiger partial charge is 1.00 e. The zero-order chi connectivity index (χ0) is 22.2. The predicted molar refractivity (Wildman–Crippen MR) is 139 cm³/mol. The third kappa shape index (κ3) is 22.0. The molecular formula is C29H62BrN. The molecule has 0 fully saturated rings. The molecule has 0 heterocycles. The zero-order valence-electron chi connectivity index (χ0n) is 22.5. The van der Waals surface area contributed by atoms with Crippen LogP contribution in [0, 0.1) is 0 Å². The lowest BCUT2D eigenvalue weighted by Crippen LogP contribution is -3.00. The molecule has 0 aliphatic rings. The van der Waals surface area contributed by atoms with Crippen LogP contribution in [0.5, 0.6) is 0 Å². The zero-order valence-corrected chi connectivity index (χ0v) is 24.1. The molecule has 0 rings (SSSR count). The van der Waals surface area contributed by atoms with E-state index in [0.717, 1.165) is 0 Å². The number of quaternary nitrogens is 1. The van der Waals surface area contributed by atoms with E-state index < -0.39 is 0 Å². The molecule has 0 N–H and O–H groups in total. The lowest BCUT2D eigenvalue weighted by molar-refractivity contribution is -0.923. The average Bonchev–Trinajstić information content (AvgIpc) is 2.78. The predicted octanol–water partition coefficient (Wildman–Crippen LogP) is 7.08. The first-order valence-corrected chi connectivity index (χ1v) is 14.6. The molecule has 0 aliphatic heterocycles. The molecule has 0 atom stereocenters. The van der Waals surface area contributed by atoms with Crippen LogP contribution in [-0.4, -0.2) is 30.7 Å². The highest BCUT2D eigenvalue weighted by molar-refractivity contribution is 4.51. The summed E-state index contributed by atoms with van der Waals surface area (Å²) in [5, 5.41) is 0. The second-order valence-corrected chi connectivity index (χ2v) is 10.1. The van der Waals surface area contributed by atoms with E-state index in [-0.39, 0.29) is 17.0 Å². The summed E-state index contributed by atoms with van der Waals surface area (Å²) in [6.45, 7) is 14.7. The van der Waals surface area contributed by atoms with Crippen LogP contribution in [0.1, 0.15) is 163 Å². The van der Waals surface area contributed by atoms with Crippen molar-refractivity contribution in [2.24, 2.45) is 0 Å². The van der Waals surface area contributed by atoms with E-state index in [9.17, 15) is 0 Å². The quantitative estimate of drug-likeness (QED) is 0.0921. The number of rotatable bonds is 25. The van der Waals surface area contributed by atoms with Gasteiger partial charge in [-0.1, -0.05) is 129 Å². The number of unbranched alkanes of at least 4 members (excludes halogenated alkanes) is 20. The monoisotopic (exact) mass is 503 g/mol. The van der Waals surface area contributed by atoms with Gasteiger partial charge in [0.15, 0.2) is 0 Å². The van der Waals surface area contributed by atoms with Crippen molar-refractivity contribution in [3.63, 3.8) is 0 Å². The van der Waals surface area contributed by atoms with E-state index in [4.69, 9.17) is 0 Å². The third-order valence-electron chi connectivity index (χ3n) is 7.75. The summed E-state index contributed by atoms with van der Waals surface area (Å²) < 4.78 is 1.33. The highest BCUT2D eigenvalue weighted by Crippen LogP contribution is 2.15. The van der Waals surface area contributed by atoms with Gasteiger partial charge in [-0.2, -0.15) is 0 Å². The smallest absolute Gasteiger partial charge is 0.0786 e. The molecule has 1 nitrogen and oxygen atoms in total. The second-order valence-electron chi connectivity index (χ2n) is 10.1. The molecule has 0 saturated carbocycles. The minimum absolute atomic E-state index is 0. The van der Waals surface area contributed by atoms with Crippen LogP contribution >= 0.6 is 0 Å². The van der Waals surface area contributed by atoms with E-state index in [2.05, 4.69) is 27.7 Å². The average molecular weight is 505 g/mol. The number of nitrogens with zero attached hydrogens (tertiary/aromatic N) is 1. The maximum atomic E-state index is 2.37. The first kappa shape index (κ1) is 33.6. The summed E-state index contributed by atoms with van der Waals surface area (Å²) in [4.78, 5) is 0. The van der Waals surface area contributed by atoms with Crippen LogP contribution in [0.15, 0.2) is 0 Å². The molecule has 2 heteroatoms. The van der Waals surface area contributed by atoms with Crippen molar-refractivity contribution in [3.05, 3.63) is 0 Å². The van der Waals surface area contributed by atoms with Gasteiger partial charge in [-0.05, 0) is 33.6 Å². The van der Waals surface area contributed by atoms with Crippen molar-refractivity contribution in [2.75, 3.05) is 26.2 Å². The maximum absolute atomic E-state index is 2.37. The van der Waals surface area contributed by atoms with Crippen LogP contribution in [0.3, 0.4) is 0 Å². The summed E-state index contributed by atoms with van der Waals surface area (Å²) in [6, 6.07) is 0. The third-order valence-corrected chi connectivity index (χ3v) is 7.75. The number of halogens is 1. The fraction of sp³-hybridized carbons (Fsp3) is 1.00. The van der Waals surface area contributed by atoms with Gasteiger partial charge in [0.2, 0.25) is 0 Å². The Kier molecular flexibility index (Phi) is 28.9. The Labute approximate surface area is 209 Å². The Morgan fingerprint density at radius 3 is 0.774 bits per heavy atom. The van der Waals surface area contributed by atoms with Gasteiger partial charge >= 0.3 is 0 Å². The van der Waals surface area contributed by atoms with Gasteiger partial charge in [0.05, 0.1) is 26.2 Å². The molecule has 0 saturated heterocycles. The Bertz CT molecular complexity index is 306. The van der Waals surface area contributed by atoms with Crippen molar-refractivity contribution >= 4 is 0 Å². The fourth-order valence-corrected chi connectivity index (χ4v) is 5.02. The lowest BCUT2D eigenvalue weighted by atomic mass is 10.0. The summed E-state index contributed by atoms with van der Waals surface area (Å²) >= 11 is 0. The van der Waals surface area contributed by atoms with Gasteiger partial charge in [0.1, 0.15) is 0 Å². The molecule has 0 amide bonds. The van der Waals surface area contributed by atoms with E-state index >= 15 is 0 Å². The minimum Gasteiger partial charge on any atom is -1.00 e. The molecule has 0 bridgehead atoms. The molecule has 0 aromatic carbocycles. The molecular weight excluding hydrogens is 442 g/mol. The van der Waals surface area contributed by atoms with E-state index in [1.807, 2.05) is 0 Å². The van der Waals surface area contributed by atoms with Gasteiger partial charge in [-0.3, -0.25) is 0 Å². The molecule has 0 unspecified atom stereocenters. The number of hydrogen-bond donors (Lipinski definition) is 0. The summed E-state index contributed by atoms with van der Waals surface area (Å²) in [6.07, 6.45) is 30.9. The van der Waals surface area contributed by atoms with Gasteiger partial charge in [-0.25, -0.2) is 0 Å². The highest BCUT2D eigenvalue weighted by Gasteiger charge is 2.19.